The third-order valence-corrected chi connectivity index (χ3v) is 4.96. The second kappa shape index (κ2) is 5.22. The minimum Gasteiger partial charge on any atom is -0.539 e. The smallest absolute Gasteiger partial charge is 0.341 e. The van der Waals surface area contributed by atoms with Crippen molar-refractivity contribution in [2.45, 2.75) is 40.2 Å². The van der Waals surface area contributed by atoms with Crippen LogP contribution in [0, 0.1) is 13.8 Å². The molecular formula is C18H20N3O3Si. The molecule has 1 aliphatic rings. The van der Waals surface area contributed by atoms with Crippen LogP contribution in [0.1, 0.15) is 52.6 Å². The number of nitrogens with two attached hydrogens (primary N) is 2. The van der Waals surface area contributed by atoms with E-state index in [9.17, 15) is 9.59 Å². The Hall–Kier alpha value is -2.54. The predicted molar refractivity (Wildman–Crippen MR) is 98.9 cm³/mol. The highest BCUT2D eigenvalue weighted by Gasteiger charge is 2.42. The SMILES string of the molecule is Cc1c(N)cc2c3c(c(O[Si])c(N)c(C)c13)C(=O)N(C(C)(C)C)C2=O. The summed E-state index contributed by atoms with van der Waals surface area (Å²) in [7, 11) is 3.01. The molecule has 2 aromatic carbocycles. The van der Waals surface area contributed by atoms with Crippen molar-refractivity contribution in [3.05, 3.63) is 28.3 Å². The maximum absolute atomic E-state index is 13.2. The van der Waals surface area contributed by atoms with E-state index in [0.717, 1.165) is 16.5 Å². The number of aryl methyl sites for hydroxylation is 2. The van der Waals surface area contributed by atoms with Gasteiger partial charge in [-0.15, -0.1) is 0 Å². The molecule has 3 rings (SSSR count). The maximum Gasteiger partial charge on any atom is 0.341 e. The fourth-order valence-electron chi connectivity index (χ4n) is 3.50. The highest BCUT2D eigenvalue weighted by molar-refractivity contribution is 6.29. The van der Waals surface area contributed by atoms with Crippen LogP contribution in [0.4, 0.5) is 11.4 Å². The van der Waals surface area contributed by atoms with E-state index in [1.807, 2.05) is 13.8 Å². The summed E-state index contributed by atoms with van der Waals surface area (Å²) in [5.74, 6) is -0.580. The molecule has 6 nitrogen and oxygen atoms in total. The Balaban J connectivity index is 2.60. The van der Waals surface area contributed by atoms with Gasteiger partial charge in [0.25, 0.3) is 11.8 Å². The third kappa shape index (κ3) is 2.15. The van der Waals surface area contributed by atoms with Gasteiger partial charge >= 0.3 is 10.5 Å². The van der Waals surface area contributed by atoms with Crippen LogP contribution in [0.25, 0.3) is 10.8 Å². The van der Waals surface area contributed by atoms with Gasteiger partial charge in [-0.25, -0.2) is 0 Å². The average molecular weight is 354 g/mol. The minimum absolute atomic E-state index is 0.221. The first kappa shape index (κ1) is 17.3. The number of imide groups is 1. The van der Waals surface area contributed by atoms with Crippen molar-refractivity contribution in [1.82, 2.24) is 4.90 Å². The van der Waals surface area contributed by atoms with E-state index in [1.54, 1.807) is 26.8 Å². The summed E-state index contributed by atoms with van der Waals surface area (Å²) in [6.07, 6.45) is 0. The van der Waals surface area contributed by atoms with Gasteiger partial charge in [-0.05, 0) is 57.2 Å². The number of carbonyl (C=O) groups excluding carboxylic acids is 2. The Labute approximate surface area is 149 Å². The zero-order valence-electron chi connectivity index (χ0n) is 14.9. The molecule has 1 heterocycles. The lowest BCUT2D eigenvalue weighted by Gasteiger charge is -2.38. The Morgan fingerprint density at radius 2 is 1.64 bits per heavy atom. The molecule has 0 saturated carbocycles. The number of hydrogen-bond acceptors (Lipinski definition) is 5. The molecule has 3 radical (unpaired) electrons. The fourth-order valence-corrected chi connectivity index (χ4v) is 3.71. The zero-order chi connectivity index (χ0) is 18.8. The van der Waals surface area contributed by atoms with Crippen molar-refractivity contribution in [2.24, 2.45) is 0 Å². The van der Waals surface area contributed by atoms with Gasteiger partial charge in [0.2, 0.25) is 0 Å². The van der Waals surface area contributed by atoms with Gasteiger partial charge < -0.3 is 15.9 Å². The van der Waals surface area contributed by atoms with Crippen molar-refractivity contribution in [1.29, 1.82) is 0 Å². The van der Waals surface area contributed by atoms with Gasteiger partial charge in [-0.3, -0.25) is 14.5 Å². The van der Waals surface area contributed by atoms with Crippen molar-refractivity contribution >= 4 is 44.4 Å². The van der Waals surface area contributed by atoms with Crippen LogP contribution in [0.3, 0.4) is 0 Å². The first-order valence-corrected chi connectivity index (χ1v) is 8.30. The molecule has 25 heavy (non-hydrogen) atoms. The molecule has 0 aliphatic carbocycles. The number of anilines is 2. The largest absolute Gasteiger partial charge is 0.539 e. The van der Waals surface area contributed by atoms with Gasteiger partial charge in [-0.1, -0.05) is 0 Å². The average Bonchev–Trinajstić information content (AvgIpc) is 2.50. The van der Waals surface area contributed by atoms with E-state index in [4.69, 9.17) is 15.9 Å². The second-order valence-electron chi connectivity index (χ2n) is 7.35. The van der Waals surface area contributed by atoms with E-state index in [0.29, 0.717) is 22.3 Å². The molecular weight excluding hydrogens is 334 g/mol. The third-order valence-electron chi connectivity index (χ3n) is 4.75. The Morgan fingerprint density at radius 1 is 1.04 bits per heavy atom. The maximum atomic E-state index is 13.2. The van der Waals surface area contributed by atoms with Crippen LogP contribution in [0.5, 0.6) is 5.75 Å². The van der Waals surface area contributed by atoms with Crippen molar-refractivity contribution in [3.8, 4) is 5.75 Å². The van der Waals surface area contributed by atoms with E-state index in [1.165, 1.54) is 4.90 Å². The van der Waals surface area contributed by atoms with Gasteiger partial charge in [0, 0.05) is 16.6 Å². The number of amides is 2. The molecule has 2 aromatic rings. The number of rotatable bonds is 1. The second-order valence-corrected chi connectivity index (χ2v) is 7.55. The number of nitrogen functional groups attached to an aromatic ring is 2. The summed E-state index contributed by atoms with van der Waals surface area (Å²) < 4.78 is 5.27. The molecule has 0 bridgehead atoms. The van der Waals surface area contributed by atoms with Gasteiger partial charge in [-0.2, -0.15) is 0 Å². The highest BCUT2D eigenvalue weighted by Crippen LogP contribution is 2.45. The van der Waals surface area contributed by atoms with Crippen molar-refractivity contribution in [2.75, 3.05) is 11.5 Å². The normalized spacial score (nSPS) is 14.4. The molecule has 0 atom stereocenters. The number of hydrogen-bond donors (Lipinski definition) is 2. The van der Waals surface area contributed by atoms with E-state index >= 15 is 0 Å². The lowest BCUT2D eigenvalue weighted by molar-refractivity contribution is 0.0459. The number of nitrogens with zero attached hydrogens (tertiary/aromatic N) is 1. The number of carbonyl (C=O) groups is 2. The summed E-state index contributed by atoms with van der Waals surface area (Å²) in [5.41, 5.74) is 14.7. The monoisotopic (exact) mass is 354 g/mol. The Kier molecular flexibility index (Phi) is 3.61. The lowest BCUT2D eigenvalue weighted by atomic mass is 9.85. The molecule has 0 spiro atoms. The van der Waals surface area contributed by atoms with Crippen molar-refractivity contribution < 1.29 is 14.0 Å². The summed E-state index contributed by atoms with van der Waals surface area (Å²) in [6, 6.07) is 1.63. The molecule has 129 valence electrons. The molecule has 0 aromatic heterocycles. The lowest BCUT2D eigenvalue weighted by Crippen LogP contribution is -2.51. The van der Waals surface area contributed by atoms with Crippen LogP contribution < -0.4 is 15.9 Å². The summed E-state index contributed by atoms with van der Waals surface area (Å²) in [5, 5.41) is 1.27. The van der Waals surface area contributed by atoms with E-state index in [-0.39, 0.29) is 17.2 Å². The zero-order valence-corrected chi connectivity index (χ0v) is 15.9. The molecule has 7 heteroatoms. The predicted octanol–water partition coefficient (Wildman–Crippen LogP) is 2.48. The standard InChI is InChI=1S/C18H20N3O3Si/c1-7-10(19)6-9-12-11(7)8(2)14(20)15(24-25)13(12)17(23)21(16(9)22)18(3,4)5/h6H,19-20H2,1-5H3. The minimum atomic E-state index is -0.708. The first-order chi connectivity index (χ1) is 11.5. The van der Waals surface area contributed by atoms with Crippen LogP contribution in [0.15, 0.2) is 6.07 Å². The first-order valence-electron chi connectivity index (χ1n) is 7.89. The Morgan fingerprint density at radius 3 is 2.16 bits per heavy atom. The molecule has 1 aliphatic heterocycles. The topological polar surface area (TPSA) is 98.7 Å². The molecule has 2 amide bonds. The van der Waals surface area contributed by atoms with Crippen LogP contribution in [-0.4, -0.2) is 32.7 Å². The van der Waals surface area contributed by atoms with Crippen LogP contribution in [-0.2, 0) is 0 Å². The van der Waals surface area contributed by atoms with Crippen molar-refractivity contribution in [3.63, 3.8) is 0 Å². The number of benzene rings is 2. The van der Waals surface area contributed by atoms with Crippen LogP contribution in [0.2, 0.25) is 0 Å². The molecule has 0 unspecified atom stereocenters. The molecule has 4 N–H and O–H groups in total. The Bertz CT molecular complexity index is 961. The van der Waals surface area contributed by atoms with Gasteiger partial charge in [0.15, 0.2) is 0 Å². The summed E-state index contributed by atoms with van der Waals surface area (Å²) in [6.45, 7) is 9.07. The summed E-state index contributed by atoms with van der Waals surface area (Å²) >= 11 is 0. The van der Waals surface area contributed by atoms with Gasteiger partial charge in [0.1, 0.15) is 5.75 Å². The summed E-state index contributed by atoms with van der Waals surface area (Å²) in [4.78, 5) is 27.5. The fraction of sp³-hybridized carbons (Fsp3) is 0.333. The highest BCUT2D eigenvalue weighted by atomic mass is 28.2. The quantitative estimate of drug-likeness (QED) is 0.466. The molecule has 0 fully saturated rings. The van der Waals surface area contributed by atoms with Crippen LogP contribution >= 0.6 is 0 Å². The van der Waals surface area contributed by atoms with E-state index in [2.05, 4.69) is 10.5 Å². The molecule has 0 saturated heterocycles. The van der Waals surface area contributed by atoms with E-state index < -0.39 is 11.4 Å². The van der Waals surface area contributed by atoms with Gasteiger partial charge in [0.05, 0.1) is 16.8 Å².